The first kappa shape index (κ1) is 10.1. The zero-order valence-electron chi connectivity index (χ0n) is 9.78. The van der Waals surface area contributed by atoms with Crippen molar-refractivity contribution < 1.29 is 4.42 Å². The summed E-state index contributed by atoms with van der Waals surface area (Å²) >= 11 is 0. The normalized spacial score (nSPS) is 11.2. The molecule has 2 heteroatoms. The summed E-state index contributed by atoms with van der Waals surface area (Å²) in [5, 5.41) is 2.61. The largest absolute Gasteiger partial charge is 0.422 e. The molecule has 1 heterocycles. The van der Waals surface area contributed by atoms with Crippen molar-refractivity contribution in [1.29, 1.82) is 0 Å². The van der Waals surface area contributed by atoms with Crippen LogP contribution in [-0.4, -0.2) is 0 Å². The molecular weight excluding hydrogens is 212 g/mol. The van der Waals surface area contributed by atoms with Gasteiger partial charge < -0.3 is 4.42 Å². The van der Waals surface area contributed by atoms with Crippen molar-refractivity contribution in [2.75, 3.05) is 0 Å². The van der Waals surface area contributed by atoms with Crippen LogP contribution in [0, 0.1) is 13.8 Å². The summed E-state index contributed by atoms with van der Waals surface area (Å²) in [6.45, 7) is 3.96. The lowest BCUT2D eigenvalue weighted by Gasteiger charge is -2.03. The summed E-state index contributed by atoms with van der Waals surface area (Å²) < 4.78 is 5.36. The lowest BCUT2D eigenvalue weighted by molar-refractivity contribution is 0.569. The van der Waals surface area contributed by atoms with Crippen LogP contribution >= 0.6 is 0 Å². The first-order valence-electron chi connectivity index (χ1n) is 5.59. The second-order valence-corrected chi connectivity index (χ2v) is 4.44. The maximum Gasteiger partial charge on any atom is 0.344 e. The molecular formula is C15H12O2. The van der Waals surface area contributed by atoms with E-state index in [-0.39, 0.29) is 5.63 Å². The predicted octanol–water partition coefficient (Wildman–Crippen LogP) is 3.56. The van der Waals surface area contributed by atoms with Gasteiger partial charge in [0.1, 0.15) is 5.58 Å². The van der Waals surface area contributed by atoms with Crippen LogP contribution in [0.25, 0.3) is 21.7 Å². The minimum atomic E-state index is -0.262. The monoisotopic (exact) mass is 224 g/mol. The molecule has 2 nitrogen and oxygen atoms in total. The third-order valence-electron chi connectivity index (χ3n) is 3.02. The number of hydrogen-bond acceptors (Lipinski definition) is 2. The van der Waals surface area contributed by atoms with Gasteiger partial charge in [-0.05, 0) is 36.9 Å². The molecule has 0 aliphatic heterocycles. The summed E-state index contributed by atoms with van der Waals surface area (Å²) in [6.07, 6.45) is 0. The summed E-state index contributed by atoms with van der Waals surface area (Å²) in [5.74, 6) is 0. The Balaban J connectivity index is 2.60. The van der Waals surface area contributed by atoms with Crippen molar-refractivity contribution >= 4 is 21.7 Å². The Bertz CT molecular complexity index is 782. The third kappa shape index (κ3) is 1.53. The fraction of sp³-hybridized carbons (Fsp3) is 0.133. The maximum atomic E-state index is 11.9. The molecule has 0 fully saturated rings. The Hall–Kier alpha value is -2.09. The smallest absolute Gasteiger partial charge is 0.344 e. The van der Waals surface area contributed by atoms with Gasteiger partial charge in [0.05, 0.1) is 5.39 Å². The third-order valence-corrected chi connectivity index (χ3v) is 3.02. The molecule has 0 unspecified atom stereocenters. The van der Waals surface area contributed by atoms with Gasteiger partial charge in [0.15, 0.2) is 0 Å². The van der Waals surface area contributed by atoms with Crippen LogP contribution in [0.2, 0.25) is 0 Å². The summed E-state index contributed by atoms with van der Waals surface area (Å²) in [6, 6.07) is 11.8. The van der Waals surface area contributed by atoms with Crippen LogP contribution in [0.1, 0.15) is 11.1 Å². The Morgan fingerprint density at radius 1 is 0.824 bits per heavy atom. The molecule has 0 saturated heterocycles. The van der Waals surface area contributed by atoms with E-state index in [1.807, 2.05) is 50.2 Å². The molecule has 0 bridgehead atoms. The molecule has 0 atom stereocenters. The molecule has 0 spiro atoms. The van der Waals surface area contributed by atoms with Crippen molar-refractivity contribution in [3.8, 4) is 0 Å². The number of fused-ring (bicyclic) bond motifs is 3. The molecule has 0 aliphatic rings. The van der Waals surface area contributed by atoms with Crippen molar-refractivity contribution in [2.45, 2.75) is 13.8 Å². The van der Waals surface area contributed by atoms with E-state index in [1.54, 1.807) is 0 Å². The van der Waals surface area contributed by atoms with Gasteiger partial charge in [-0.1, -0.05) is 29.8 Å². The number of aryl methyl sites for hydroxylation is 2. The highest BCUT2D eigenvalue weighted by atomic mass is 16.4. The van der Waals surface area contributed by atoms with E-state index in [0.717, 1.165) is 21.9 Å². The van der Waals surface area contributed by atoms with E-state index < -0.39 is 0 Å². The van der Waals surface area contributed by atoms with E-state index in [0.29, 0.717) is 11.0 Å². The van der Waals surface area contributed by atoms with Gasteiger partial charge in [-0.3, -0.25) is 0 Å². The molecule has 84 valence electrons. The number of hydrogen-bond donors (Lipinski definition) is 0. The minimum Gasteiger partial charge on any atom is -0.422 e. The highest BCUT2D eigenvalue weighted by molar-refractivity contribution is 6.04. The van der Waals surface area contributed by atoms with Gasteiger partial charge in [-0.2, -0.15) is 0 Å². The maximum absolute atomic E-state index is 11.9. The van der Waals surface area contributed by atoms with Crippen molar-refractivity contribution in [3.05, 3.63) is 57.9 Å². The molecule has 0 radical (unpaired) electrons. The van der Waals surface area contributed by atoms with Gasteiger partial charge in [-0.15, -0.1) is 0 Å². The molecule has 0 amide bonds. The van der Waals surface area contributed by atoms with Crippen molar-refractivity contribution in [1.82, 2.24) is 0 Å². The predicted molar refractivity (Wildman–Crippen MR) is 69.5 cm³/mol. The van der Waals surface area contributed by atoms with E-state index in [9.17, 15) is 4.79 Å². The highest BCUT2D eigenvalue weighted by Crippen LogP contribution is 2.24. The van der Waals surface area contributed by atoms with E-state index in [2.05, 4.69) is 0 Å². The average molecular weight is 224 g/mol. The molecule has 17 heavy (non-hydrogen) atoms. The first-order chi connectivity index (χ1) is 8.15. The standard InChI is InChI=1S/C15H12O2/c1-9-3-5-11-12-6-4-10(2)8-14(12)17-15(16)13(11)7-9/h3-8H,1-2H3. The molecule has 1 aromatic heterocycles. The highest BCUT2D eigenvalue weighted by Gasteiger charge is 2.07. The molecule has 3 rings (SSSR count). The minimum absolute atomic E-state index is 0.262. The van der Waals surface area contributed by atoms with Crippen LogP contribution in [0.3, 0.4) is 0 Å². The SMILES string of the molecule is Cc1ccc2c(c1)oc(=O)c1cc(C)ccc12. The van der Waals surface area contributed by atoms with Gasteiger partial charge in [-0.25, -0.2) is 4.79 Å². The summed E-state index contributed by atoms with van der Waals surface area (Å²) in [4.78, 5) is 11.9. The molecule has 2 aromatic carbocycles. The van der Waals surface area contributed by atoms with Gasteiger partial charge in [0.25, 0.3) is 0 Å². The quantitative estimate of drug-likeness (QED) is 0.431. The van der Waals surface area contributed by atoms with Crippen molar-refractivity contribution in [3.63, 3.8) is 0 Å². The van der Waals surface area contributed by atoms with Gasteiger partial charge in [0, 0.05) is 5.39 Å². The summed E-state index contributed by atoms with van der Waals surface area (Å²) in [5.41, 5.74) is 2.55. The lowest BCUT2D eigenvalue weighted by Crippen LogP contribution is -2.00. The Morgan fingerprint density at radius 3 is 2.24 bits per heavy atom. The Kier molecular flexibility index (Phi) is 2.05. The molecule has 3 aromatic rings. The van der Waals surface area contributed by atoms with Crippen LogP contribution in [-0.2, 0) is 0 Å². The second-order valence-electron chi connectivity index (χ2n) is 4.44. The van der Waals surface area contributed by atoms with Gasteiger partial charge >= 0.3 is 5.63 Å². The summed E-state index contributed by atoms with van der Waals surface area (Å²) in [7, 11) is 0. The van der Waals surface area contributed by atoms with Crippen LogP contribution in [0.15, 0.2) is 45.6 Å². The van der Waals surface area contributed by atoms with E-state index in [1.165, 1.54) is 0 Å². The molecule has 0 aliphatic carbocycles. The Morgan fingerprint density at radius 2 is 1.47 bits per heavy atom. The first-order valence-corrected chi connectivity index (χ1v) is 5.59. The average Bonchev–Trinajstić information content (AvgIpc) is 2.29. The van der Waals surface area contributed by atoms with Crippen LogP contribution in [0.4, 0.5) is 0 Å². The number of benzene rings is 2. The zero-order chi connectivity index (χ0) is 12.0. The van der Waals surface area contributed by atoms with Crippen LogP contribution in [0.5, 0.6) is 0 Å². The van der Waals surface area contributed by atoms with Crippen molar-refractivity contribution in [2.24, 2.45) is 0 Å². The van der Waals surface area contributed by atoms with Crippen LogP contribution < -0.4 is 5.63 Å². The van der Waals surface area contributed by atoms with Gasteiger partial charge in [0.2, 0.25) is 0 Å². The fourth-order valence-corrected chi connectivity index (χ4v) is 2.15. The van der Waals surface area contributed by atoms with E-state index in [4.69, 9.17) is 4.42 Å². The zero-order valence-corrected chi connectivity index (χ0v) is 9.78. The van der Waals surface area contributed by atoms with E-state index >= 15 is 0 Å². The second kappa shape index (κ2) is 3.45. The molecule has 0 N–H and O–H groups in total. The Labute approximate surface area is 98.5 Å². The lowest BCUT2D eigenvalue weighted by atomic mass is 10.0. The fourth-order valence-electron chi connectivity index (χ4n) is 2.15. The molecule has 0 saturated carbocycles. The topological polar surface area (TPSA) is 30.2 Å². The number of rotatable bonds is 0.